The molecule has 0 fully saturated rings. The Morgan fingerprint density at radius 2 is 0.867 bits per heavy atom. The maximum atomic E-state index is 6.26. The molecular formula is C40H22N2OS2. The minimum absolute atomic E-state index is 0.711. The lowest BCUT2D eigenvalue weighted by atomic mass is 10.0. The van der Waals surface area contributed by atoms with Crippen molar-refractivity contribution < 1.29 is 4.42 Å². The van der Waals surface area contributed by atoms with Gasteiger partial charge in [0.15, 0.2) is 5.82 Å². The van der Waals surface area contributed by atoms with Crippen LogP contribution in [0, 0.1) is 0 Å². The first-order chi connectivity index (χ1) is 22.2. The van der Waals surface area contributed by atoms with Crippen molar-refractivity contribution in [1.29, 1.82) is 0 Å². The third kappa shape index (κ3) is 3.95. The minimum atomic E-state index is 0.711. The molecule has 10 rings (SSSR count). The predicted octanol–water partition coefficient (Wildman–Crippen LogP) is 12.1. The van der Waals surface area contributed by atoms with Gasteiger partial charge in [0.05, 0.1) is 11.4 Å². The summed E-state index contributed by atoms with van der Waals surface area (Å²) in [5, 5.41) is 7.35. The Labute approximate surface area is 265 Å². The average molecular weight is 611 g/mol. The molecule has 45 heavy (non-hydrogen) atoms. The summed E-state index contributed by atoms with van der Waals surface area (Å²) in [6.07, 6.45) is 0. The van der Waals surface area contributed by atoms with E-state index in [1.54, 1.807) is 0 Å². The van der Waals surface area contributed by atoms with E-state index in [0.29, 0.717) is 5.82 Å². The zero-order valence-corrected chi connectivity index (χ0v) is 25.5. The number of para-hydroxylation sites is 1. The Balaban J connectivity index is 1.18. The Hall–Kier alpha value is -5.36. The molecule has 0 spiro atoms. The van der Waals surface area contributed by atoms with Crippen LogP contribution >= 0.6 is 22.7 Å². The molecule has 0 radical (unpaired) electrons. The van der Waals surface area contributed by atoms with Gasteiger partial charge in [0, 0.05) is 67.8 Å². The van der Waals surface area contributed by atoms with Gasteiger partial charge in [-0.2, -0.15) is 0 Å². The number of furan rings is 1. The van der Waals surface area contributed by atoms with Crippen LogP contribution in [0.4, 0.5) is 0 Å². The maximum absolute atomic E-state index is 6.26. The molecule has 0 bridgehead atoms. The summed E-state index contributed by atoms with van der Waals surface area (Å²) in [4.78, 5) is 10.4. The summed E-state index contributed by atoms with van der Waals surface area (Å²) in [5.41, 5.74) is 6.59. The summed E-state index contributed by atoms with van der Waals surface area (Å²) in [6, 6.07) is 47.2. The summed E-state index contributed by atoms with van der Waals surface area (Å²) in [6.45, 7) is 0. The van der Waals surface area contributed by atoms with Crippen LogP contribution in [0.25, 0.3) is 96.2 Å². The van der Waals surface area contributed by atoms with Crippen LogP contribution < -0.4 is 0 Å². The van der Waals surface area contributed by atoms with Gasteiger partial charge in [0.25, 0.3) is 0 Å². The lowest BCUT2D eigenvalue weighted by molar-refractivity contribution is 0.669. The van der Waals surface area contributed by atoms with E-state index in [9.17, 15) is 0 Å². The van der Waals surface area contributed by atoms with Crippen LogP contribution in [0.15, 0.2) is 138 Å². The van der Waals surface area contributed by atoms with Crippen molar-refractivity contribution >= 4 is 85.0 Å². The van der Waals surface area contributed by atoms with E-state index in [0.717, 1.165) is 50.0 Å². The molecule has 6 aromatic carbocycles. The van der Waals surface area contributed by atoms with Crippen LogP contribution in [-0.4, -0.2) is 9.97 Å². The number of thiophene rings is 2. The standard InChI is InChI=1S/C40H22N2OS2/c1-4-10-34-26(7-1)27-16-13-23(19-35(27)43-34)32-22-33(24-14-17-30-28-8-2-5-11-36(28)44-38(30)20-24)42-40(41-32)25-15-18-31-29-9-3-6-12-37(29)45-39(31)21-25/h1-22H. The minimum Gasteiger partial charge on any atom is -0.456 e. The summed E-state index contributed by atoms with van der Waals surface area (Å²) in [5.74, 6) is 0.711. The topological polar surface area (TPSA) is 38.9 Å². The predicted molar refractivity (Wildman–Crippen MR) is 191 cm³/mol. The number of nitrogens with zero attached hydrogens (tertiary/aromatic N) is 2. The van der Waals surface area contributed by atoms with Crippen molar-refractivity contribution in [2.24, 2.45) is 0 Å². The lowest BCUT2D eigenvalue weighted by Crippen LogP contribution is -1.96. The highest BCUT2D eigenvalue weighted by molar-refractivity contribution is 7.26. The first-order valence-electron chi connectivity index (χ1n) is 14.9. The number of hydrogen-bond acceptors (Lipinski definition) is 5. The maximum Gasteiger partial charge on any atom is 0.160 e. The van der Waals surface area contributed by atoms with Gasteiger partial charge in [-0.3, -0.25) is 0 Å². The Morgan fingerprint density at radius 1 is 0.378 bits per heavy atom. The van der Waals surface area contributed by atoms with Gasteiger partial charge in [0.1, 0.15) is 11.2 Å². The molecular weight excluding hydrogens is 589 g/mol. The van der Waals surface area contributed by atoms with E-state index in [1.165, 1.54) is 40.3 Å². The van der Waals surface area contributed by atoms with Gasteiger partial charge in [0.2, 0.25) is 0 Å². The second kappa shape index (κ2) is 9.57. The van der Waals surface area contributed by atoms with Gasteiger partial charge in [-0.1, -0.05) is 84.9 Å². The molecule has 0 aliphatic heterocycles. The second-order valence-electron chi connectivity index (χ2n) is 11.4. The van der Waals surface area contributed by atoms with Crippen molar-refractivity contribution in [3.05, 3.63) is 133 Å². The van der Waals surface area contributed by atoms with E-state index in [1.807, 2.05) is 34.8 Å². The fraction of sp³-hybridized carbons (Fsp3) is 0. The smallest absolute Gasteiger partial charge is 0.160 e. The van der Waals surface area contributed by atoms with E-state index in [4.69, 9.17) is 14.4 Å². The van der Waals surface area contributed by atoms with Gasteiger partial charge < -0.3 is 4.42 Å². The Bertz CT molecular complexity index is 2470. The Morgan fingerprint density at radius 3 is 1.56 bits per heavy atom. The quantitative estimate of drug-likeness (QED) is 0.200. The summed E-state index contributed by atoms with van der Waals surface area (Å²) < 4.78 is 11.3. The first kappa shape index (κ1) is 25.0. The average Bonchev–Trinajstić information content (AvgIpc) is 3.78. The van der Waals surface area contributed by atoms with Crippen LogP contribution in [0.1, 0.15) is 0 Å². The molecule has 3 nitrogen and oxygen atoms in total. The molecule has 0 atom stereocenters. The number of hydrogen-bond donors (Lipinski definition) is 0. The normalized spacial score (nSPS) is 12.0. The summed E-state index contributed by atoms with van der Waals surface area (Å²) in [7, 11) is 0. The largest absolute Gasteiger partial charge is 0.456 e. The second-order valence-corrected chi connectivity index (χ2v) is 13.6. The van der Waals surface area contributed by atoms with Crippen molar-refractivity contribution in [2.45, 2.75) is 0 Å². The number of fused-ring (bicyclic) bond motifs is 9. The number of benzene rings is 6. The fourth-order valence-electron chi connectivity index (χ4n) is 6.51. The third-order valence-corrected chi connectivity index (χ3v) is 11.0. The van der Waals surface area contributed by atoms with Crippen molar-refractivity contribution in [3.8, 4) is 33.9 Å². The van der Waals surface area contributed by atoms with Crippen LogP contribution in [0.3, 0.4) is 0 Å². The fourth-order valence-corrected chi connectivity index (χ4v) is 8.80. The molecule has 10 aromatic rings. The van der Waals surface area contributed by atoms with Crippen LogP contribution in [0.5, 0.6) is 0 Å². The van der Waals surface area contributed by atoms with E-state index in [-0.39, 0.29) is 0 Å². The van der Waals surface area contributed by atoms with Gasteiger partial charge in [-0.15, -0.1) is 22.7 Å². The molecule has 0 N–H and O–H groups in total. The van der Waals surface area contributed by atoms with E-state index < -0.39 is 0 Å². The summed E-state index contributed by atoms with van der Waals surface area (Å²) >= 11 is 3.64. The molecule has 4 aromatic heterocycles. The SMILES string of the molecule is c1ccc2c(c1)oc1cc(-c3cc(-c4ccc5c(c4)sc4ccccc45)nc(-c4ccc5c(c4)sc4ccccc45)n3)ccc12. The molecule has 0 saturated heterocycles. The highest BCUT2D eigenvalue weighted by atomic mass is 32.1. The zero-order chi connectivity index (χ0) is 29.5. The van der Waals surface area contributed by atoms with E-state index >= 15 is 0 Å². The third-order valence-electron chi connectivity index (χ3n) is 8.71. The van der Waals surface area contributed by atoms with E-state index in [2.05, 4.69) is 121 Å². The van der Waals surface area contributed by atoms with Crippen molar-refractivity contribution in [3.63, 3.8) is 0 Å². The van der Waals surface area contributed by atoms with Crippen molar-refractivity contribution in [1.82, 2.24) is 9.97 Å². The number of aromatic nitrogens is 2. The monoisotopic (exact) mass is 610 g/mol. The molecule has 0 unspecified atom stereocenters. The highest BCUT2D eigenvalue weighted by Gasteiger charge is 2.16. The Kier molecular flexibility index (Phi) is 5.32. The number of rotatable bonds is 3. The molecule has 4 heterocycles. The van der Waals surface area contributed by atoms with Gasteiger partial charge in [-0.25, -0.2) is 9.97 Å². The highest BCUT2D eigenvalue weighted by Crippen LogP contribution is 2.39. The molecule has 0 aliphatic rings. The van der Waals surface area contributed by atoms with Crippen LogP contribution in [-0.2, 0) is 0 Å². The van der Waals surface area contributed by atoms with Crippen LogP contribution in [0.2, 0.25) is 0 Å². The molecule has 210 valence electrons. The molecule has 0 saturated carbocycles. The van der Waals surface area contributed by atoms with Gasteiger partial charge in [-0.05, 0) is 48.5 Å². The molecule has 0 aliphatic carbocycles. The zero-order valence-electron chi connectivity index (χ0n) is 23.8. The lowest BCUT2D eigenvalue weighted by Gasteiger charge is -2.10. The molecule has 5 heteroatoms. The van der Waals surface area contributed by atoms with Gasteiger partial charge >= 0.3 is 0 Å². The first-order valence-corrected chi connectivity index (χ1v) is 16.5. The molecule has 0 amide bonds. The van der Waals surface area contributed by atoms with Crippen molar-refractivity contribution in [2.75, 3.05) is 0 Å².